The summed E-state index contributed by atoms with van der Waals surface area (Å²) >= 11 is 0. The van der Waals surface area contributed by atoms with Gasteiger partial charge < -0.3 is 14.9 Å². The van der Waals surface area contributed by atoms with Gasteiger partial charge in [-0.1, -0.05) is 37.1 Å². The van der Waals surface area contributed by atoms with E-state index in [2.05, 4.69) is 25.2 Å². The van der Waals surface area contributed by atoms with Crippen molar-refractivity contribution in [3.8, 4) is 0 Å². The molecule has 0 heterocycles. The summed E-state index contributed by atoms with van der Waals surface area (Å²) in [6.07, 6.45) is 10.4. The van der Waals surface area contributed by atoms with Crippen LogP contribution in [0.25, 0.3) is 0 Å². The molecular weight excluding hydrogens is 299 g/mol. The zero-order chi connectivity index (χ0) is 5.82. The molecule has 0 N–H and O–H groups in total. The maximum atomic E-state index is 2.23. The van der Waals surface area contributed by atoms with E-state index in [1.165, 1.54) is 19.3 Å². The topological polar surface area (TPSA) is 0 Å². The molecule has 0 aromatic heterocycles. The van der Waals surface area contributed by atoms with Gasteiger partial charge in [0.2, 0.25) is 0 Å². The summed E-state index contributed by atoms with van der Waals surface area (Å²) in [6.45, 7) is 2.22. The van der Waals surface area contributed by atoms with Gasteiger partial charge in [0.15, 0.2) is 0 Å². The molecule has 0 radical (unpaired) electrons. The van der Waals surface area contributed by atoms with Crippen LogP contribution in [0.15, 0.2) is 23.8 Å². The minimum Gasteiger partial charge on any atom is -0.358 e. The van der Waals surface area contributed by atoms with Crippen molar-refractivity contribution in [2.45, 2.75) is 26.2 Å². The Bertz CT molecular complexity index is 123. The van der Waals surface area contributed by atoms with E-state index in [0.717, 1.165) is 0 Å². The third-order valence-electron chi connectivity index (χ3n) is 1.42. The Kier molecular flexibility index (Phi) is 16.4. The zero-order valence-electron chi connectivity index (χ0n) is 7.85. The smallest absolute Gasteiger partial charge is 0 e. The van der Waals surface area contributed by atoms with Crippen LogP contribution >= 0.6 is 0 Å². The van der Waals surface area contributed by atoms with E-state index in [0.29, 0.717) is 0 Å². The number of rotatable bonds is 2. The number of allylic oxidation sites excluding steroid dienone is 4. The number of hydrogen-bond acceptors (Lipinski definition) is 0. The van der Waals surface area contributed by atoms with Crippen LogP contribution in [0.3, 0.4) is 0 Å². The minimum atomic E-state index is 0. The van der Waals surface area contributed by atoms with Gasteiger partial charge in [0.25, 0.3) is 0 Å². The largest absolute Gasteiger partial charge is 0.358 e. The standard InChI is InChI=1S/C8H12.2CH3.Hf/c1-2-5-8-6-3-4-7-8;;;/h3-4,6H,2,5,7H2,1H3;2*1H3;/q;2*-1;. The maximum Gasteiger partial charge on any atom is 0 e. The molecule has 0 aromatic rings. The Hall–Kier alpha value is 0.350. The first kappa shape index (κ1) is 17.4. The quantitative estimate of drug-likeness (QED) is 0.540. The average Bonchev–Trinajstić information content (AvgIpc) is 2.19. The van der Waals surface area contributed by atoms with Crippen LogP contribution in [0.1, 0.15) is 26.2 Å². The van der Waals surface area contributed by atoms with Crippen LogP contribution in [-0.4, -0.2) is 0 Å². The van der Waals surface area contributed by atoms with Crippen LogP contribution < -0.4 is 0 Å². The van der Waals surface area contributed by atoms with Crippen molar-refractivity contribution in [3.05, 3.63) is 38.7 Å². The molecule has 0 bridgehead atoms. The van der Waals surface area contributed by atoms with E-state index < -0.39 is 0 Å². The summed E-state index contributed by atoms with van der Waals surface area (Å²) in [5, 5.41) is 0. The minimum absolute atomic E-state index is 0. The van der Waals surface area contributed by atoms with Gasteiger partial charge in [0, 0.05) is 25.8 Å². The van der Waals surface area contributed by atoms with E-state index in [4.69, 9.17) is 0 Å². The normalized spacial score (nSPS) is 12.3. The van der Waals surface area contributed by atoms with Crippen LogP contribution in [0.4, 0.5) is 0 Å². The van der Waals surface area contributed by atoms with Gasteiger partial charge in [-0.3, -0.25) is 0 Å². The molecule has 0 unspecified atom stereocenters. The maximum absolute atomic E-state index is 2.23. The average molecular weight is 317 g/mol. The molecule has 0 atom stereocenters. The second-order valence-electron chi connectivity index (χ2n) is 2.21. The van der Waals surface area contributed by atoms with Gasteiger partial charge in [0.05, 0.1) is 0 Å². The van der Waals surface area contributed by atoms with Crippen LogP contribution in [0, 0.1) is 14.9 Å². The predicted molar refractivity (Wildman–Crippen MR) is 49.6 cm³/mol. The van der Waals surface area contributed by atoms with E-state index in [-0.39, 0.29) is 40.7 Å². The fraction of sp³-hybridized carbons (Fsp3) is 0.400. The first-order chi connectivity index (χ1) is 3.93. The predicted octanol–water partition coefficient (Wildman–Crippen LogP) is 3.57. The molecule has 0 nitrogen and oxygen atoms in total. The van der Waals surface area contributed by atoms with Crippen molar-refractivity contribution >= 4 is 0 Å². The van der Waals surface area contributed by atoms with Gasteiger partial charge in [-0.2, -0.15) is 0 Å². The summed E-state index contributed by atoms with van der Waals surface area (Å²) < 4.78 is 0. The van der Waals surface area contributed by atoms with Gasteiger partial charge in [-0.05, 0) is 12.8 Å². The molecular formula is C10H18Hf-2. The number of hydrogen-bond donors (Lipinski definition) is 0. The fourth-order valence-corrected chi connectivity index (χ4v) is 0.998. The molecule has 0 aromatic carbocycles. The molecule has 0 saturated carbocycles. The van der Waals surface area contributed by atoms with Crippen LogP contribution in [-0.2, 0) is 25.8 Å². The molecule has 0 aliphatic heterocycles. The molecule has 0 spiro atoms. The molecule has 1 aliphatic rings. The van der Waals surface area contributed by atoms with E-state index in [1.807, 2.05) is 0 Å². The van der Waals surface area contributed by atoms with E-state index in [9.17, 15) is 0 Å². The molecule has 1 aliphatic carbocycles. The zero-order valence-corrected chi connectivity index (χ0v) is 11.4. The van der Waals surface area contributed by atoms with Gasteiger partial charge in [-0.25, -0.2) is 0 Å². The first-order valence-corrected chi connectivity index (χ1v) is 3.28. The summed E-state index contributed by atoms with van der Waals surface area (Å²) in [4.78, 5) is 0. The van der Waals surface area contributed by atoms with Gasteiger partial charge in [0.1, 0.15) is 0 Å². The van der Waals surface area contributed by atoms with Crippen molar-refractivity contribution in [3.63, 3.8) is 0 Å². The second-order valence-corrected chi connectivity index (χ2v) is 2.21. The Morgan fingerprint density at radius 3 is 2.36 bits per heavy atom. The van der Waals surface area contributed by atoms with Crippen LogP contribution in [0.5, 0.6) is 0 Å². The fourth-order valence-electron chi connectivity index (χ4n) is 0.998. The first-order valence-electron chi connectivity index (χ1n) is 3.28. The second kappa shape index (κ2) is 10.4. The van der Waals surface area contributed by atoms with Crippen molar-refractivity contribution in [1.29, 1.82) is 0 Å². The Labute approximate surface area is 90.6 Å². The van der Waals surface area contributed by atoms with Crippen molar-refractivity contribution < 1.29 is 25.8 Å². The van der Waals surface area contributed by atoms with Crippen molar-refractivity contribution in [1.82, 2.24) is 0 Å². The SMILES string of the molecule is CCCC1=CC=CC1.[CH3-].[CH3-].[Hf]. The monoisotopic (exact) mass is 318 g/mol. The third kappa shape index (κ3) is 6.74. The molecule has 0 fully saturated rings. The molecule has 0 amide bonds. The van der Waals surface area contributed by atoms with Crippen LogP contribution in [0.2, 0.25) is 0 Å². The van der Waals surface area contributed by atoms with Crippen molar-refractivity contribution in [2.24, 2.45) is 0 Å². The van der Waals surface area contributed by atoms with E-state index >= 15 is 0 Å². The molecule has 11 heavy (non-hydrogen) atoms. The van der Waals surface area contributed by atoms with Gasteiger partial charge >= 0.3 is 0 Å². The van der Waals surface area contributed by atoms with Crippen molar-refractivity contribution in [2.75, 3.05) is 0 Å². The Morgan fingerprint density at radius 1 is 1.36 bits per heavy atom. The van der Waals surface area contributed by atoms with E-state index in [1.54, 1.807) is 5.57 Å². The summed E-state index contributed by atoms with van der Waals surface area (Å²) in [7, 11) is 0. The molecule has 64 valence electrons. The molecule has 1 rings (SSSR count). The van der Waals surface area contributed by atoms with Gasteiger partial charge in [-0.15, -0.1) is 0 Å². The molecule has 0 saturated heterocycles. The summed E-state index contributed by atoms with van der Waals surface area (Å²) in [6, 6.07) is 0. The Balaban J connectivity index is -0.000000213. The third-order valence-corrected chi connectivity index (χ3v) is 1.42. The summed E-state index contributed by atoms with van der Waals surface area (Å²) in [5.41, 5.74) is 1.59. The summed E-state index contributed by atoms with van der Waals surface area (Å²) in [5.74, 6) is 0. The Morgan fingerprint density at radius 2 is 2.00 bits per heavy atom. The molecule has 1 heteroatoms.